The van der Waals surface area contributed by atoms with Crippen LogP contribution in [0.15, 0.2) is 30.6 Å². The summed E-state index contributed by atoms with van der Waals surface area (Å²) in [6.07, 6.45) is 3.45. The van der Waals surface area contributed by atoms with Gasteiger partial charge in [0.25, 0.3) is 0 Å². The lowest BCUT2D eigenvalue weighted by molar-refractivity contribution is 0.0601. The molecule has 0 saturated heterocycles. The number of ether oxygens (including phenoxy) is 1. The molecule has 0 aliphatic carbocycles. The summed E-state index contributed by atoms with van der Waals surface area (Å²) in [6.45, 7) is 0.398. The highest BCUT2D eigenvalue weighted by atomic mass is 35.5. The maximum atomic E-state index is 11.5. The van der Waals surface area contributed by atoms with Gasteiger partial charge in [-0.05, 0) is 18.2 Å². The highest BCUT2D eigenvalue weighted by Crippen LogP contribution is 2.29. The van der Waals surface area contributed by atoms with E-state index in [1.807, 2.05) is 0 Å². The smallest absolute Gasteiger partial charge is 0.339 e. The van der Waals surface area contributed by atoms with Gasteiger partial charge in [0.1, 0.15) is 0 Å². The Bertz CT molecular complexity index is 568. The summed E-state index contributed by atoms with van der Waals surface area (Å²) in [5, 5.41) is 4.86. The standard InChI is InChI=1S/C12H10Cl2N2O2/c1-18-12(17)8-3-4-10(13)9(11(8)14)7-16-6-2-5-15-16/h2-6H,7H2,1H3. The minimum absolute atomic E-state index is 0.296. The van der Waals surface area contributed by atoms with E-state index in [1.165, 1.54) is 7.11 Å². The number of rotatable bonds is 3. The summed E-state index contributed by atoms with van der Waals surface area (Å²) >= 11 is 12.3. The quantitative estimate of drug-likeness (QED) is 0.814. The van der Waals surface area contributed by atoms with Gasteiger partial charge in [-0.1, -0.05) is 23.2 Å². The van der Waals surface area contributed by atoms with Crippen LogP contribution in [0.3, 0.4) is 0 Å². The zero-order valence-corrected chi connectivity index (χ0v) is 11.1. The van der Waals surface area contributed by atoms with E-state index < -0.39 is 5.97 Å². The normalized spacial score (nSPS) is 10.4. The van der Waals surface area contributed by atoms with E-state index in [-0.39, 0.29) is 0 Å². The van der Waals surface area contributed by atoms with Crippen LogP contribution < -0.4 is 0 Å². The monoisotopic (exact) mass is 284 g/mol. The van der Waals surface area contributed by atoms with Crippen LogP contribution in [0.1, 0.15) is 15.9 Å². The van der Waals surface area contributed by atoms with E-state index in [9.17, 15) is 4.79 Å². The third kappa shape index (κ3) is 2.49. The first-order valence-corrected chi connectivity index (χ1v) is 5.91. The van der Waals surface area contributed by atoms with Crippen molar-refractivity contribution in [3.63, 3.8) is 0 Å². The SMILES string of the molecule is COC(=O)c1ccc(Cl)c(Cn2cccn2)c1Cl. The fourth-order valence-corrected chi connectivity index (χ4v) is 2.13. The van der Waals surface area contributed by atoms with Gasteiger partial charge in [0, 0.05) is 23.0 Å². The van der Waals surface area contributed by atoms with Crippen molar-refractivity contribution >= 4 is 29.2 Å². The first-order valence-electron chi connectivity index (χ1n) is 5.16. The molecule has 2 rings (SSSR count). The average molecular weight is 285 g/mol. The van der Waals surface area contributed by atoms with Crippen molar-refractivity contribution in [2.45, 2.75) is 6.54 Å². The van der Waals surface area contributed by atoms with Crippen LogP contribution in [0, 0.1) is 0 Å². The number of hydrogen-bond donors (Lipinski definition) is 0. The Balaban J connectivity index is 2.42. The molecule has 6 heteroatoms. The van der Waals surface area contributed by atoms with Gasteiger partial charge in [0.05, 0.1) is 24.2 Å². The fraction of sp³-hybridized carbons (Fsp3) is 0.167. The van der Waals surface area contributed by atoms with Gasteiger partial charge in [-0.2, -0.15) is 5.10 Å². The van der Waals surface area contributed by atoms with Gasteiger partial charge in [-0.15, -0.1) is 0 Å². The molecular formula is C12H10Cl2N2O2. The van der Waals surface area contributed by atoms with Crippen LogP contribution in [-0.2, 0) is 11.3 Å². The lowest BCUT2D eigenvalue weighted by Crippen LogP contribution is -2.07. The third-order valence-corrected chi connectivity index (χ3v) is 3.26. The predicted molar refractivity (Wildman–Crippen MR) is 69.1 cm³/mol. The molecular weight excluding hydrogens is 275 g/mol. The maximum Gasteiger partial charge on any atom is 0.339 e. The van der Waals surface area contributed by atoms with Gasteiger partial charge in [-0.3, -0.25) is 4.68 Å². The molecule has 0 fully saturated rings. The summed E-state index contributed by atoms with van der Waals surface area (Å²) in [6, 6.07) is 4.97. The molecule has 0 saturated carbocycles. The molecule has 0 unspecified atom stereocenters. The van der Waals surface area contributed by atoms with Gasteiger partial charge in [0.15, 0.2) is 0 Å². The molecule has 1 aromatic carbocycles. The fourth-order valence-electron chi connectivity index (χ4n) is 1.57. The molecule has 0 atom stereocenters. The van der Waals surface area contributed by atoms with Crippen molar-refractivity contribution in [3.05, 3.63) is 51.8 Å². The molecule has 0 aliphatic rings. The number of carbonyl (C=O) groups is 1. The Morgan fingerprint density at radius 1 is 1.44 bits per heavy atom. The summed E-state index contributed by atoms with van der Waals surface area (Å²) in [5.41, 5.74) is 0.940. The Morgan fingerprint density at radius 2 is 2.22 bits per heavy atom. The van der Waals surface area contributed by atoms with Crippen LogP contribution in [0.25, 0.3) is 0 Å². The van der Waals surface area contributed by atoms with Crippen LogP contribution in [0.5, 0.6) is 0 Å². The number of carbonyl (C=O) groups excluding carboxylic acids is 1. The van der Waals surface area contributed by atoms with Crippen LogP contribution >= 0.6 is 23.2 Å². The number of esters is 1. The second kappa shape index (κ2) is 5.42. The lowest BCUT2D eigenvalue weighted by Gasteiger charge is -2.10. The number of hydrogen-bond acceptors (Lipinski definition) is 3. The van der Waals surface area contributed by atoms with E-state index in [0.717, 1.165) is 0 Å². The number of nitrogens with zero attached hydrogens (tertiary/aromatic N) is 2. The molecule has 94 valence electrons. The van der Waals surface area contributed by atoms with Crippen molar-refractivity contribution in [3.8, 4) is 0 Å². The first-order chi connectivity index (χ1) is 8.63. The van der Waals surface area contributed by atoms with Crippen molar-refractivity contribution in [2.24, 2.45) is 0 Å². The van der Waals surface area contributed by atoms with Gasteiger partial charge in [-0.25, -0.2) is 4.79 Å². The second-order valence-electron chi connectivity index (χ2n) is 3.58. The maximum absolute atomic E-state index is 11.5. The van der Waals surface area contributed by atoms with E-state index in [2.05, 4.69) is 9.84 Å². The van der Waals surface area contributed by atoms with Crippen LogP contribution in [0.2, 0.25) is 10.0 Å². The second-order valence-corrected chi connectivity index (χ2v) is 4.37. The predicted octanol–water partition coefficient (Wildman–Crippen LogP) is 3.02. The van der Waals surface area contributed by atoms with Crippen molar-refractivity contribution in [1.82, 2.24) is 9.78 Å². The molecule has 0 amide bonds. The molecule has 4 nitrogen and oxygen atoms in total. The topological polar surface area (TPSA) is 44.1 Å². The van der Waals surface area contributed by atoms with E-state index in [0.29, 0.717) is 27.7 Å². The number of aromatic nitrogens is 2. The molecule has 1 heterocycles. The molecule has 2 aromatic rings. The highest BCUT2D eigenvalue weighted by molar-refractivity contribution is 6.37. The van der Waals surface area contributed by atoms with Crippen molar-refractivity contribution < 1.29 is 9.53 Å². The minimum atomic E-state index is -0.488. The molecule has 0 spiro atoms. The van der Waals surface area contributed by atoms with Crippen molar-refractivity contribution in [2.75, 3.05) is 7.11 Å². The number of halogens is 2. The number of benzene rings is 1. The molecule has 0 radical (unpaired) electrons. The summed E-state index contributed by atoms with van der Waals surface area (Å²) in [5.74, 6) is -0.488. The van der Waals surface area contributed by atoms with E-state index in [1.54, 1.807) is 35.3 Å². The Morgan fingerprint density at radius 3 is 2.83 bits per heavy atom. The van der Waals surface area contributed by atoms with E-state index >= 15 is 0 Å². The largest absolute Gasteiger partial charge is 0.465 e. The molecule has 18 heavy (non-hydrogen) atoms. The van der Waals surface area contributed by atoms with Gasteiger partial charge >= 0.3 is 5.97 Å². The van der Waals surface area contributed by atoms with Gasteiger partial charge in [0.2, 0.25) is 0 Å². The zero-order chi connectivity index (χ0) is 13.1. The Labute approximate surface area is 114 Å². The lowest BCUT2D eigenvalue weighted by atomic mass is 10.1. The Hall–Kier alpha value is -1.52. The first kappa shape index (κ1) is 12.9. The van der Waals surface area contributed by atoms with Gasteiger partial charge < -0.3 is 4.74 Å². The average Bonchev–Trinajstić information content (AvgIpc) is 2.86. The number of methoxy groups -OCH3 is 1. The molecule has 1 aromatic heterocycles. The summed E-state index contributed by atoms with van der Waals surface area (Å²) < 4.78 is 6.33. The third-order valence-electron chi connectivity index (χ3n) is 2.47. The van der Waals surface area contributed by atoms with Crippen LogP contribution in [-0.4, -0.2) is 22.9 Å². The molecule has 0 aliphatic heterocycles. The molecule has 0 bridgehead atoms. The summed E-state index contributed by atoms with van der Waals surface area (Å²) in [4.78, 5) is 11.5. The van der Waals surface area contributed by atoms with Crippen molar-refractivity contribution in [1.29, 1.82) is 0 Å². The molecule has 0 N–H and O–H groups in total. The minimum Gasteiger partial charge on any atom is -0.465 e. The van der Waals surface area contributed by atoms with E-state index in [4.69, 9.17) is 23.2 Å². The highest BCUT2D eigenvalue weighted by Gasteiger charge is 2.16. The zero-order valence-electron chi connectivity index (χ0n) is 9.56. The Kier molecular flexibility index (Phi) is 3.89. The summed E-state index contributed by atoms with van der Waals surface area (Å²) in [7, 11) is 1.31. The van der Waals surface area contributed by atoms with Crippen LogP contribution in [0.4, 0.5) is 0 Å².